The number of halogens is 1. The summed E-state index contributed by atoms with van der Waals surface area (Å²) in [5, 5.41) is 0.656. The Bertz CT molecular complexity index is 567. The standard InChI is InChI=1S/C13H12ClN3O/c1-18-11-4-5-12(14)10(6-11)3-2-9-7-16-13(15)17-8-9/h2-8H,1H3,(H2,15,16,17)/b3-2+. The maximum atomic E-state index is 6.09. The third-order valence-electron chi connectivity index (χ3n) is 2.35. The first kappa shape index (κ1) is 12.4. The summed E-state index contributed by atoms with van der Waals surface area (Å²) in [6.07, 6.45) is 7.03. The highest BCUT2D eigenvalue weighted by molar-refractivity contribution is 6.32. The Labute approximate surface area is 110 Å². The summed E-state index contributed by atoms with van der Waals surface area (Å²) in [4.78, 5) is 7.81. The molecule has 92 valence electrons. The van der Waals surface area contributed by atoms with E-state index in [1.807, 2.05) is 24.3 Å². The molecule has 18 heavy (non-hydrogen) atoms. The van der Waals surface area contributed by atoms with Crippen LogP contribution < -0.4 is 10.5 Å². The molecular formula is C13H12ClN3O. The summed E-state index contributed by atoms with van der Waals surface area (Å²) in [5.74, 6) is 1.01. The van der Waals surface area contributed by atoms with Gasteiger partial charge in [0.25, 0.3) is 0 Å². The number of aromatic nitrogens is 2. The second-order valence-corrected chi connectivity index (χ2v) is 4.00. The van der Waals surface area contributed by atoms with Crippen molar-refractivity contribution < 1.29 is 4.74 Å². The van der Waals surface area contributed by atoms with Gasteiger partial charge in [0.05, 0.1) is 7.11 Å². The Balaban J connectivity index is 2.25. The first-order chi connectivity index (χ1) is 8.69. The molecule has 4 nitrogen and oxygen atoms in total. The lowest BCUT2D eigenvalue weighted by Crippen LogP contribution is -1.93. The first-order valence-electron chi connectivity index (χ1n) is 5.28. The Morgan fingerprint density at radius 2 is 1.94 bits per heavy atom. The van der Waals surface area contributed by atoms with E-state index >= 15 is 0 Å². The van der Waals surface area contributed by atoms with Crippen molar-refractivity contribution in [1.82, 2.24) is 9.97 Å². The van der Waals surface area contributed by atoms with Gasteiger partial charge in [0.1, 0.15) is 5.75 Å². The minimum absolute atomic E-state index is 0.256. The molecule has 0 unspecified atom stereocenters. The van der Waals surface area contributed by atoms with Gasteiger partial charge in [-0.3, -0.25) is 0 Å². The van der Waals surface area contributed by atoms with E-state index in [0.29, 0.717) is 5.02 Å². The van der Waals surface area contributed by atoms with Crippen LogP contribution in [0.5, 0.6) is 5.75 Å². The van der Waals surface area contributed by atoms with E-state index in [1.165, 1.54) is 0 Å². The zero-order chi connectivity index (χ0) is 13.0. The lowest BCUT2D eigenvalue weighted by molar-refractivity contribution is 0.414. The fourth-order valence-electron chi connectivity index (χ4n) is 1.40. The molecule has 0 bridgehead atoms. The fraction of sp³-hybridized carbons (Fsp3) is 0.0769. The Morgan fingerprint density at radius 1 is 1.22 bits per heavy atom. The zero-order valence-electron chi connectivity index (χ0n) is 9.80. The summed E-state index contributed by atoms with van der Waals surface area (Å²) < 4.78 is 5.14. The highest BCUT2D eigenvalue weighted by Gasteiger charge is 1.99. The first-order valence-corrected chi connectivity index (χ1v) is 5.66. The normalized spacial score (nSPS) is 10.8. The maximum Gasteiger partial charge on any atom is 0.219 e. The summed E-state index contributed by atoms with van der Waals surface area (Å²) in [6, 6.07) is 5.46. The van der Waals surface area contributed by atoms with Crippen LogP contribution in [-0.2, 0) is 0 Å². The lowest BCUT2D eigenvalue weighted by atomic mass is 10.1. The SMILES string of the molecule is COc1ccc(Cl)c(/C=C/c2cnc(N)nc2)c1. The molecule has 0 aliphatic heterocycles. The second-order valence-electron chi connectivity index (χ2n) is 3.60. The van der Waals surface area contributed by atoms with Crippen LogP contribution in [-0.4, -0.2) is 17.1 Å². The Kier molecular flexibility index (Phi) is 3.79. The molecule has 2 N–H and O–H groups in total. The second kappa shape index (κ2) is 5.51. The maximum absolute atomic E-state index is 6.09. The number of methoxy groups -OCH3 is 1. The van der Waals surface area contributed by atoms with Crippen LogP contribution in [0.4, 0.5) is 5.95 Å². The largest absolute Gasteiger partial charge is 0.497 e. The van der Waals surface area contributed by atoms with Crippen molar-refractivity contribution in [1.29, 1.82) is 0 Å². The Morgan fingerprint density at radius 3 is 2.61 bits per heavy atom. The van der Waals surface area contributed by atoms with Gasteiger partial charge in [0.15, 0.2) is 0 Å². The molecule has 0 radical (unpaired) electrons. The van der Waals surface area contributed by atoms with Crippen molar-refractivity contribution in [2.75, 3.05) is 12.8 Å². The fourth-order valence-corrected chi connectivity index (χ4v) is 1.58. The molecule has 0 atom stereocenters. The summed E-state index contributed by atoms with van der Waals surface area (Å²) in [6.45, 7) is 0. The lowest BCUT2D eigenvalue weighted by Gasteiger charge is -2.03. The van der Waals surface area contributed by atoms with E-state index in [2.05, 4.69) is 9.97 Å². The molecule has 0 saturated carbocycles. The molecule has 0 aliphatic carbocycles. The monoisotopic (exact) mass is 261 g/mol. The molecule has 1 aromatic carbocycles. The van der Waals surface area contributed by atoms with E-state index < -0.39 is 0 Å². The number of anilines is 1. The molecule has 0 saturated heterocycles. The number of nitrogen functional groups attached to an aromatic ring is 1. The van der Waals surface area contributed by atoms with E-state index in [1.54, 1.807) is 25.6 Å². The number of nitrogens with zero attached hydrogens (tertiary/aromatic N) is 2. The molecule has 0 amide bonds. The predicted molar refractivity (Wildman–Crippen MR) is 73.4 cm³/mol. The van der Waals surface area contributed by atoms with E-state index in [9.17, 15) is 0 Å². The molecule has 1 aromatic heterocycles. The van der Waals surface area contributed by atoms with Crippen LogP contribution in [0.1, 0.15) is 11.1 Å². The average molecular weight is 262 g/mol. The average Bonchev–Trinajstić information content (AvgIpc) is 2.40. The third-order valence-corrected chi connectivity index (χ3v) is 2.69. The van der Waals surface area contributed by atoms with Crippen LogP contribution >= 0.6 is 11.6 Å². The molecule has 2 rings (SSSR count). The quantitative estimate of drug-likeness (QED) is 0.923. The van der Waals surface area contributed by atoms with Crippen molar-refractivity contribution in [3.63, 3.8) is 0 Å². The van der Waals surface area contributed by atoms with Crippen molar-refractivity contribution in [2.45, 2.75) is 0 Å². The molecule has 1 heterocycles. The van der Waals surface area contributed by atoms with Crippen molar-refractivity contribution in [2.24, 2.45) is 0 Å². The number of hydrogen-bond acceptors (Lipinski definition) is 4. The van der Waals surface area contributed by atoms with E-state index in [4.69, 9.17) is 22.1 Å². The van der Waals surface area contributed by atoms with Crippen molar-refractivity contribution in [3.05, 3.63) is 46.7 Å². The van der Waals surface area contributed by atoms with Gasteiger partial charge in [0, 0.05) is 23.0 Å². The van der Waals surface area contributed by atoms with E-state index in [-0.39, 0.29) is 5.95 Å². The molecule has 5 heteroatoms. The van der Waals surface area contributed by atoms with Gasteiger partial charge in [-0.2, -0.15) is 0 Å². The van der Waals surface area contributed by atoms with Crippen molar-refractivity contribution >= 4 is 29.7 Å². The molecule has 0 aliphatic rings. The number of ether oxygens (including phenoxy) is 1. The minimum Gasteiger partial charge on any atom is -0.497 e. The van der Waals surface area contributed by atoms with Gasteiger partial charge in [-0.05, 0) is 23.8 Å². The zero-order valence-corrected chi connectivity index (χ0v) is 10.6. The molecule has 0 spiro atoms. The van der Waals surface area contributed by atoms with Gasteiger partial charge in [0.2, 0.25) is 5.95 Å². The summed E-state index contributed by atoms with van der Waals surface area (Å²) in [7, 11) is 1.62. The molecule has 0 fully saturated rings. The van der Waals surface area contributed by atoms with Crippen LogP contribution in [0.3, 0.4) is 0 Å². The number of benzene rings is 1. The molecule has 2 aromatic rings. The Hall–Kier alpha value is -2.07. The minimum atomic E-state index is 0.256. The number of rotatable bonds is 3. The topological polar surface area (TPSA) is 61.0 Å². The predicted octanol–water partition coefficient (Wildman–Crippen LogP) is 2.89. The van der Waals surface area contributed by atoms with Gasteiger partial charge >= 0.3 is 0 Å². The highest BCUT2D eigenvalue weighted by Crippen LogP contribution is 2.23. The van der Waals surface area contributed by atoms with Crippen LogP contribution in [0, 0.1) is 0 Å². The van der Waals surface area contributed by atoms with E-state index in [0.717, 1.165) is 16.9 Å². The van der Waals surface area contributed by atoms with Gasteiger partial charge in [-0.15, -0.1) is 0 Å². The third kappa shape index (κ3) is 2.99. The van der Waals surface area contributed by atoms with Crippen molar-refractivity contribution in [3.8, 4) is 5.75 Å². The van der Waals surface area contributed by atoms with Crippen LogP contribution in [0.15, 0.2) is 30.6 Å². The highest BCUT2D eigenvalue weighted by atomic mass is 35.5. The summed E-state index contributed by atoms with van der Waals surface area (Å²) >= 11 is 6.09. The van der Waals surface area contributed by atoms with Gasteiger partial charge < -0.3 is 10.5 Å². The number of hydrogen-bond donors (Lipinski definition) is 1. The van der Waals surface area contributed by atoms with Crippen LogP contribution in [0.25, 0.3) is 12.2 Å². The number of nitrogens with two attached hydrogens (primary N) is 1. The van der Waals surface area contributed by atoms with Crippen LogP contribution in [0.2, 0.25) is 5.02 Å². The van der Waals surface area contributed by atoms with Gasteiger partial charge in [-0.1, -0.05) is 23.8 Å². The molecular weight excluding hydrogens is 250 g/mol. The van der Waals surface area contributed by atoms with Gasteiger partial charge in [-0.25, -0.2) is 9.97 Å². The summed E-state index contributed by atoms with van der Waals surface area (Å²) in [5.41, 5.74) is 7.13. The smallest absolute Gasteiger partial charge is 0.219 e.